The quantitative estimate of drug-likeness (QED) is 0.326. The van der Waals surface area contributed by atoms with Gasteiger partial charge in [-0.2, -0.15) is 5.26 Å². The van der Waals surface area contributed by atoms with Crippen LogP contribution in [-0.2, 0) is 31.3 Å². The number of aryl methyl sites for hydroxylation is 2. The van der Waals surface area contributed by atoms with E-state index in [4.69, 9.17) is 4.74 Å². The van der Waals surface area contributed by atoms with E-state index in [1.54, 1.807) is 11.3 Å². The van der Waals surface area contributed by atoms with Crippen LogP contribution in [0.25, 0.3) is 0 Å². The molecule has 37 heavy (non-hydrogen) atoms. The second-order valence-electron chi connectivity index (χ2n) is 10.4. The Morgan fingerprint density at radius 3 is 2.81 bits per heavy atom. The highest BCUT2D eigenvalue weighted by molar-refractivity contribution is 7.99. The molecule has 3 aromatic rings. The molecule has 1 unspecified atom stereocenters. The SMILES string of the molecule is CCC(C)(C)C1CCc2c(sc(NC(=O)CSc3nnc(COc4ccc(C)c(C)c4)n3C)c2C#N)C1. The Kier molecular flexibility index (Phi) is 8.29. The van der Waals surface area contributed by atoms with Crippen molar-refractivity contribution in [1.29, 1.82) is 5.26 Å². The van der Waals surface area contributed by atoms with E-state index < -0.39 is 0 Å². The van der Waals surface area contributed by atoms with Crippen molar-refractivity contribution in [2.75, 3.05) is 11.1 Å². The number of thiophene rings is 1. The molecule has 1 atom stereocenters. The molecule has 1 aromatic carbocycles. The predicted molar refractivity (Wildman–Crippen MR) is 149 cm³/mol. The largest absolute Gasteiger partial charge is 0.486 e. The van der Waals surface area contributed by atoms with Gasteiger partial charge in [-0.05, 0) is 73.3 Å². The fourth-order valence-corrected chi connectivity index (χ4v) is 6.61. The normalized spacial score (nSPS) is 15.2. The van der Waals surface area contributed by atoms with E-state index in [9.17, 15) is 10.1 Å². The summed E-state index contributed by atoms with van der Waals surface area (Å²) in [5, 5.41) is 22.6. The number of nitrogens with zero attached hydrogens (tertiary/aromatic N) is 4. The monoisotopic (exact) mass is 537 g/mol. The van der Waals surface area contributed by atoms with Crippen LogP contribution in [0.3, 0.4) is 0 Å². The first-order chi connectivity index (χ1) is 17.6. The molecule has 0 fully saturated rings. The van der Waals surface area contributed by atoms with Crippen molar-refractivity contribution in [3.8, 4) is 11.8 Å². The van der Waals surface area contributed by atoms with Gasteiger partial charge in [-0.25, -0.2) is 0 Å². The summed E-state index contributed by atoms with van der Waals surface area (Å²) in [6.45, 7) is 11.3. The zero-order valence-electron chi connectivity index (χ0n) is 22.5. The lowest BCUT2D eigenvalue weighted by Crippen LogP contribution is -2.28. The minimum absolute atomic E-state index is 0.151. The molecule has 0 saturated heterocycles. The summed E-state index contributed by atoms with van der Waals surface area (Å²) in [4.78, 5) is 14.1. The lowest BCUT2D eigenvalue weighted by molar-refractivity contribution is -0.113. The average Bonchev–Trinajstić information content (AvgIpc) is 3.41. The van der Waals surface area contributed by atoms with Crippen LogP contribution in [0.2, 0.25) is 0 Å². The maximum Gasteiger partial charge on any atom is 0.235 e. The van der Waals surface area contributed by atoms with Gasteiger partial charge in [0, 0.05) is 11.9 Å². The van der Waals surface area contributed by atoms with Crippen LogP contribution in [0.5, 0.6) is 5.75 Å². The Labute approximate surface area is 227 Å². The zero-order valence-corrected chi connectivity index (χ0v) is 24.1. The number of benzene rings is 1. The number of amides is 1. The number of anilines is 1. The maximum absolute atomic E-state index is 12.8. The van der Waals surface area contributed by atoms with Crippen LogP contribution in [0.15, 0.2) is 23.4 Å². The van der Waals surface area contributed by atoms with E-state index >= 15 is 0 Å². The molecule has 1 amide bonds. The van der Waals surface area contributed by atoms with E-state index in [1.165, 1.54) is 27.8 Å². The van der Waals surface area contributed by atoms with Gasteiger partial charge in [-0.15, -0.1) is 21.5 Å². The average molecular weight is 538 g/mol. The number of nitriles is 1. The van der Waals surface area contributed by atoms with E-state index in [1.807, 2.05) is 29.8 Å². The van der Waals surface area contributed by atoms with E-state index in [2.05, 4.69) is 56.2 Å². The standard InChI is InChI=1S/C28H35N5O2S2/c1-7-28(4,5)19-9-11-21-22(14-29)26(37-23(21)13-19)30-25(34)16-36-27-32-31-24(33(27)6)15-35-20-10-8-17(2)18(3)12-20/h8,10,12,19H,7,9,11,13,15-16H2,1-6H3,(H,30,34). The minimum Gasteiger partial charge on any atom is -0.486 e. The molecule has 0 aliphatic heterocycles. The Bertz CT molecular complexity index is 1340. The molecule has 1 aliphatic carbocycles. The molecular formula is C28H35N5O2S2. The van der Waals surface area contributed by atoms with Crippen LogP contribution < -0.4 is 10.1 Å². The molecule has 7 nitrogen and oxygen atoms in total. The molecule has 4 rings (SSSR count). The summed E-state index contributed by atoms with van der Waals surface area (Å²) in [6, 6.07) is 8.33. The summed E-state index contributed by atoms with van der Waals surface area (Å²) < 4.78 is 7.73. The Balaban J connectivity index is 1.35. The third-order valence-corrected chi connectivity index (χ3v) is 9.94. The first-order valence-electron chi connectivity index (χ1n) is 12.7. The molecule has 0 bridgehead atoms. The third kappa shape index (κ3) is 6.02. The van der Waals surface area contributed by atoms with Crippen LogP contribution in [0, 0.1) is 36.5 Å². The first kappa shape index (κ1) is 27.2. The van der Waals surface area contributed by atoms with Crippen LogP contribution in [0.4, 0.5) is 5.00 Å². The number of hydrogen-bond donors (Lipinski definition) is 1. The number of rotatable bonds is 9. The Morgan fingerprint density at radius 1 is 1.32 bits per heavy atom. The molecule has 0 spiro atoms. The van der Waals surface area contributed by atoms with Gasteiger partial charge in [0.05, 0.1) is 11.3 Å². The molecule has 196 valence electrons. The van der Waals surface area contributed by atoms with Crippen molar-refractivity contribution >= 4 is 34.0 Å². The molecule has 0 saturated carbocycles. The van der Waals surface area contributed by atoms with Crippen molar-refractivity contribution in [2.45, 2.75) is 72.1 Å². The van der Waals surface area contributed by atoms with Crippen molar-refractivity contribution in [1.82, 2.24) is 14.8 Å². The van der Waals surface area contributed by atoms with Crippen molar-refractivity contribution in [2.24, 2.45) is 18.4 Å². The molecule has 0 radical (unpaired) electrons. The molecule has 1 aliphatic rings. The van der Waals surface area contributed by atoms with E-state index in [0.29, 0.717) is 34.1 Å². The Morgan fingerprint density at radius 2 is 2.11 bits per heavy atom. The van der Waals surface area contributed by atoms with Gasteiger partial charge in [0.1, 0.15) is 23.4 Å². The van der Waals surface area contributed by atoms with Gasteiger partial charge >= 0.3 is 0 Å². The summed E-state index contributed by atoms with van der Waals surface area (Å²) in [5.41, 5.74) is 4.43. The number of carbonyl (C=O) groups is 1. The lowest BCUT2D eigenvalue weighted by Gasteiger charge is -2.36. The van der Waals surface area contributed by atoms with Gasteiger partial charge < -0.3 is 14.6 Å². The fourth-order valence-electron chi connectivity index (χ4n) is 4.59. The van der Waals surface area contributed by atoms with Crippen molar-refractivity contribution < 1.29 is 9.53 Å². The van der Waals surface area contributed by atoms with Gasteiger partial charge in [0.2, 0.25) is 5.91 Å². The molecular weight excluding hydrogens is 502 g/mol. The number of fused-ring (bicyclic) bond motifs is 1. The van der Waals surface area contributed by atoms with E-state index in [0.717, 1.165) is 37.0 Å². The highest BCUT2D eigenvalue weighted by atomic mass is 32.2. The van der Waals surface area contributed by atoms with E-state index in [-0.39, 0.29) is 17.1 Å². The lowest BCUT2D eigenvalue weighted by atomic mass is 9.69. The number of thioether (sulfide) groups is 1. The first-order valence-corrected chi connectivity index (χ1v) is 14.5. The zero-order chi connectivity index (χ0) is 26.7. The number of hydrogen-bond acceptors (Lipinski definition) is 7. The van der Waals surface area contributed by atoms with Gasteiger partial charge in [-0.1, -0.05) is 45.0 Å². The van der Waals surface area contributed by atoms with Gasteiger partial charge in [0.25, 0.3) is 0 Å². The smallest absolute Gasteiger partial charge is 0.235 e. The summed E-state index contributed by atoms with van der Waals surface area (Å²) in [6.07, 6.45) is 4.10. The van der Waals surface area contributed by atoms with Crippen LogP contribution in [-0.4, -0.2) is 26.4 Å². The van der Waals surface area contributed by atoms with Gasteiger partial charge in [0.15, 0.2) is 11.0 Å². The van der Waals surface area contributed by atoms with Crippen molar-refractivity contribution in [3.63, 3.8) is 0 Å². The van der Waals surface area contributed by atoms with Gasteiger partial charge in [-0.3, -0.25) is 4.79 Å². The number of aromatic nitrogens is 3. The predicted octanol–water partition coefficient (Wildman–Crippen LogP) is 6.22. The summed E-state index contributed by atoms with van der Waals surface area (Å²) >= 11 is 2.89. The minimum atomic E-state index is -0.151. The second-order valence-corrected chi connectivity index (χ2v) is 12.5. The fraction of sp³-hybridized carbons (Fsp3) is 0.500. The molecule has 2 heterocycles. The molecule has 9 heteroatoms. The van der Waals surface area contributed by atoms with Crippen molar-refractivity contribution in [3.05, 3.63) is 51.2 Å². The van der Waals surface area contributed by atoms with Crippen LogP contribution in [0.1, 0.15) is 66.6 Å². The number of carbonyl (C=O) groups excluding carboxylic acids is 1. The summed E-state index contributed by atoms with van der Waals surface area (Å²) in [7, 11) is 1.87. The summed E-state index contributed by atoms with van der Waals surface area (Å²) in [5.74, 6) is 2.10. The maximum atomic E-state index is 12.8. The highest BCUT2D eigenvalue weighted by Crippen LogP contribution is 2.45. The number of ether oxygens (including phenoxy) is 1. The highest BCUT2D eigenvalue weighted by Gasteiger charge is 2.34. The number of nitrogens with one attached hydrogen (secondary N) is 1. The molecule has 2 aromatic heterocycles. The topological polar surface area (TPSA) is 92.8 Å². The third-order valence-electron chi connectivity index (χ3n) is 7.75. The Hall–Kier alpha value is -2.83. The van der Waals surface area contributed by atoms with Crippen LogP contribution >= 0.6 is 23.1 Å². The second kappa shape index (κ2) is 11.3. The molecule has 1 N–H and O–H groups in total.